The van der Waals surface area contributed by atoms with E-state index in [1.165, 1.54) is 24.3 Å². The zero-order valence-electron chi connectivity index (χ0n) is 17.5. The molecule has 0 spiro atoms. The average Bonchev–Trinajstić information content (AvgIpc) is 2.75. The van der Waals surface area contributed by atoms with Gasteiger partial charge >= 0.3 is 0 Å². The lowest BCUT2D eigenvalue weighted by molar-refractivity contribution is 0.474. The number of benzene rings is 4. The monoisotopic (exact) mass is 482 g/mol. The minimum Gasteiger partial charge on any atom is -0.508 e. The Balaban J connectivity index is 1.82. The van der Waals surface area contributed by atoms with Crippen molar-refractivity contribution in [1.82, 2.24) is 0 Å². The van der Waals surface area contributed by atoms with Gasteiger partial charge in [-0.1, -0.05) is 36.4 Å². The molecule has 0 bridgehead atoms. The summed E-state index contributed by atoms with van der Waals surface area (Å²) in [6.45, 7) is 0. The van der Waals surface area contributed by atoms with Crippen molar-refractivity contribution in [3.63, 3.8) is 0 Å². The summed E-state index contributed by atoms with van der Waals surface area (Å²) in [6.07, 6.45) is 0. The van der Waals surface area contributed by atoms with E-state index < -0.39 is 19.7 Å². The van der Waals surface area contributed by atoms with E-state index in [2.05, 4.69) is 0 Å². The highest BCUT2D eigenvalue weighted by molar-refractivity contribution is 7.91. The number of sulfone groups is 2. The second kappa shape index (κ2) is 8.42. The lowest BCUT2D eigenvalue weighted by atomic mass is 10.1. The Bertz CT molecular complexity index is 1550. The molecule has 0 saturated heterocycles. The predicted octanol–water partition coefficient (Wildman–Crippen LogP) is 3.66. The minimum absolute atomic E-state index is 0.0586. The number of fused-ring (bicyclic) bond motifs is 1. The number of hydrogen-bond donors (Lipinski definition) is 3. The van der Waals surface area contributed by atoms with Crippen molar-refractivity contribution < 1.29 is 21.9 Å². The summed E-state index contributed by atoms with van der Waals surface area (Å²) in [5.74, 6) is -0.961. The molecule has 9 heteroatoms. The topological polar surface area (TPSA) is 141 Å². The molecule has 170 valence electrons. The third kappa shape index (κ3) is 4.79. The quantitative estimate of drug-likeness (QED) is 0.356. The van der Waals surface area contributed by atoms with E-state index in [1.54, 1.807) is 48.5 Å². The van der Waals surface area contributed by atoms with Gasteiger partial charge < -0.3 is 16.6 Å². The van der Waals surface area contributed by atoms with Crippen LogP contribution in [0.1, 0.15) is 11.1 Å². The van der Waals surface area contributed by atoms with Gasteiger partial charge in [0.15, 0.2) is 19.7 Å². The highest BCUT2D eigenvalue weighted by atomic mass is 32.2. The van der Waals surface area contributed by atoms with Gasteiger partial charge in [-0.05, 0) is 53.6 Å². The maximum absolute atomic E-state index is 13.2. The second-order valence-electron chi connectivity index (χ2n) is 7.80. The van der Waals surface area contributed by atoms with Crippen LogP contribution < -0.4 is 11.5 Å². The molecule has 0 aliphatic rings. The van der Waals surface area contributed by atoms with Crippen LogP contribution in [0.2, 0.25) is 0 Å². The van der Waals surface area contributed by atoms with E-state index in [9.17, 15) is 21.9 Å². The molecule has 0 aromatic heterocycles. The molecular weight excluding hydrogens is 460 g/mol. The number of hydrogen-bond acceptors (Lipinski definition) is 7. The SMILES string of the molecule is Nc1ccc(CS(=O)(=O)c2cc(O)cc3c(S(=O)(=O)Cc4ccc(N)cc4)cccc23)cc1. The Labute approximate surface area is 192 Å². The number of phenolic OH excluding ortho intramolecular Hbond substituents is 1. The van der Waals surface area contributed by atoms with E-state index in [0.717, 1.165) is 6.07 Å². The lowest BCUT2D eigenvalue weighted by Crippen LogP contribution is -2.08. The summed E-state index contributed by atoms with van der Waals surface area (Å²) in [4.78, 5) is -0.199. The van der Waals surface area contributed by atoms with Crippen LogP contribution >= 0.6 is 0 Å². The summed E-state index contributed by atoms with van der Waals surface area (Å²) < 4.78 is 52.9. The van der Waals surface area contributed by atoms with E-state index >= 15 is 0 Å². The maximum Gasteiger partial charge on any atom is 0.183 e. The Morgan fingerprint density at radius 3 is 1.61 bits per heavy atom. The van der Waals surface area contributed by atoms with Gasteiger partial charge in [0.25, 0.3) is 0 Å². The zero-order valence-corrected chi connectivity index (χ0v) is 19.1. The van der Waals surface area contributed by atoms with Gasteiger partial charge in [-0.25, -0.2) is 16.8 Å². The van der Waals surface area contributed by atoms with Crippen molar-refractivity contribution in [1.29, 1.82) is 0 Å². The molecule has 4 aromatic rings. The van der Waals surface area contributed by atoms with E-state index in [4.69, 9.17) is 11.5 Å². The van der Waals surface area contributed by atoms with Crippen molar-refractivity contribution in [3.8, 4) is 5.75 Å². The minimum atomic E-state index is -3.91. The van der Waals surface area contributed by atoms with Crippen molar-refractivity contribution in [3.05, 3.63) is 90.0 Å². The largest absolute Gasteiger partial charge is 0.508 e. The summed E-state index contributed by atoms with van der Waals surface area (Å²) in [5.41, 5.74) is 13.4. The van der Waals surface area contributed by atoms with Gasteiger partial charge in [0, 0.05) is 22.1 Å². The standard InChI is InChI=1S/C24H22N2O5S2/c25-18-8-4-16(5-9-18)14-32(28,29)23-3-1-2-21-22(23)12-20(27)13-24(21)33(30,31)15-17-6-10-19(26)11-7-17/h1-13,27H,14-15,25-26H2. The third-order valence-electron chi connectivity index (χ3n) is 5.25. The van der Waals surface area contributed by atoms with Gasteiger partial charge in [-0.15, -0.1) is 0 Å². The fourth-order valence-electron chi connectivity index (χ4n) is 3.66. The first-order chi connectivity index (χ1) is 15.5. The Hall–Kier alpha value is -3.56. The molecule has 0 unspecified atom stereocenters. The van der Waals surface area contributed by atoms with Crippen molar-refractivity contribution in [2.45, 2.75) is 21.3 Å². The third-order valence-corrected chi connectivity index (χ3v) is 8.71. The van der Waals surface area contributed by atoms with Gasteiger partial charge in [0.1, 0.15) is 5.75 Å². The highest BCUT2D eigenvalue weighted by Crippen LogP contribution is 2.35. The number of nitrogen functional groups attached to an aromatic ring is 2. The van der Waals surface area contributed by atoms with Crippen LogP contribution in [0.4, 0.5) is 11.4 Å². The fraction of sp³-hybridized carbons (Fsp3) is 0.0833. The molecule has 0 amide bonds. The first-order valence-electron chi connectivity index (χ1n) is 9.95. The summed E-state index contributed by atoms with van der Waals surface area (Å²) in [6, 6.07) is 19.8. The van der Waals surface area contributed by atoms with Crippen LogP contribution in [0.5, 0.6) is 5.75 Å². The van der Waals surface area contributed by atoms with Crippen LogP contribution in [-0.4, -0.2) is 21.9 Å². The molecule has 7 nitrogen and oxygen atoms in total. The van der Waals surface area contributed by atoms with Crippen molar-refractivity contribution in [2.24, 2.45) is 0 Å². The predicted molar refractivity (Wildman–Crippen MR) is 129 cm³/mol. The van der Waals surface area contributed by atoms with Crippen molar-refractivity contribution in [2.75, 3.05) is 11.5 Å². The Kier molecular flexibility index (Phi) is 5.77. The smallest absolute Gasteiger partial charge is 0.183 e. The summed E-state index contributed by atoms with van der Waals surface area (Å²) in [7, 11) is -7.77. The zero-order chi connectivity index (χ0) is 23.8. The second-order valence-corrected chi connectivity index (χ2v) is 11.7. The van der Waals surface area contributed by atoms with Gasteiger partial charge in [-0.3, -0.25) is 0 Å². The number of anilines is 2. The Morgan fingerprint density at radius 2 is 1.09 bits per heavy atom. The molecule has 0 saturated carbocycles. The number of aromatic hydroxyl groups is 1. The maximum atomic E-state index is 13.2. The van der Waals surface area contributed by atoms with Gasteiger partial charge in [0.2, 0.25) is 0 Å². The van der Waals surface area contributed by atoms with Crippen molar-refractivity contribution >= 4 is 41.8 Å². The van der Waals surface area contributed by atoms with Crippen LogP contribution in [0.15, 0.2) is 88.7 Å². The first-order valence-corrected chi connectivity index (χ1v) is 13.3. The molecule has 5 N–H and O–H groups in total. The molecule has 0 heterocycles. The van der Waals surface area contributed by atoms with E-state index in [-0.39, 0.29) is 37.8 Å². The molecule has 0 aliphatic heterocycles. The number of phenols is 1. The summed E-state index contributed by atoms with van der Waals surface area (Å²) in [5, 5.41) is 10.7. The fourth-order valence-corrected chi connectivity index (χ4v) is 6.84. The van der Waals surface area contributed by atoms with E-state index in [0.29, 0.717) is 22.5 Å². The Morgan fingerprint density at radius 1 is 0.606 bits per heavy atom. The molecule has 0 fully saturated rings. The van der Waals surface area contributed by atoms with Gasteiger partial charge in [0.05, 0.1) is 21.3 Å². The van der Waals surface area contributed by atoms with E-state index in [1.807, 2.05) is 0 Å². The normalized spacial score (nSPS) is 12.1. The molecule has 4 rings (SSSR count). The number of nitrogens with two attached hydrogens (primary N) is 2. The molecule has 33 heavy (non-hydrogen) atoms. The van der Waals surface area contributed by atoms with Crippen LogP contribution in [0.25, 0.3) is 10.8 Å². The first kappa shape index (κ1) is 22.6. The number of rotatable bonds is 6. The molecule has 4 aromatic carbocycles. The molecule has 0 atom stereocenters. The van der Waals surface area contributed by atoms with Crippen LogP contribution in [0.3, 0.4) is 0 Å². The van der Waals surface area contributed by atoms with Crippen LogP contribution in [-0.2, 0) is 31.2 Å². The summed E-state index contributed by atoms with van der Waals surface area (Å²) >= 11 is 0. The highest BCUT2D eigenvalue weighted by Gasteiger charge is 2.24. The molecular formula is C24H22N2O5S2. The average molecular weight is 483 g/mol. The van der Waals surface area contributed by atoms with Gasteiger partial charge in [-0.2, -0.15) is 0 Å². The lowest BCUT2D eigenvalue weighted by Gasteiger charge is -2.13. The molecule has 0 aliphatic carbocycles. The van der Waals surface area contributed by atoms with Crippen LogP contribution in [0, 0.1) is 0 Å². The molecule has 0 radical (unpaired) electrons.